The highest BCUT2D eigenvalue weighted by Gasteiger charge is 2.12. The number of nitrogens with one attached hydrogen (secondary N) is 1. The Balaban J connectivity index is 1.90. The lowest BCUT2D eigenvalue weighted by atomic mass is 10.1. The van der Waals surface area contributed by atoms with E-state index in [2.05, 4.69) is 15.5 Å². The molecule has 1 heterocycles. The van der Waals surface area contributed by atoms with Gasteiger partial charge in [0.25, 0.3) is 5.91 Å². The molecule has 0 saturated carbocycles. The lowest BCUT2D eigenvalue weighted by molar-refractivity contribution is -0.139. The second-order valence-corrected chi connectivity index (χ2v) is 6.49. The van der Waals surface area contributed by atoms with Crippen LogP contribution in [0.25, 0.3) is 0 Å². The van der Waals surface area contributed by atoms with Crippen LogP contribution in [-0.4, -0.2) is 34.4 Å². The molecule has 0 radical (unpaired) electrons. The third kappa shape index (κ3) is 4.81. The number of hydrogen-bond donors (Lipinski definition) is 1. The molecular weight excluding hydrogens is 322 g/mol. The molecule has 0 atom stereocenters. The molecule has 116 valence electrons. The first-order valence-corrected chi connectivity index (χ1v) is 8.38. The van der Waals surface area contributed by atoms with Crippen molar-refractivity contribution in [2.24, 2.45) is 0 Å². The van der Waals surface area contributed by atoms with E-state index in [9.17, 15) is 9.59 Å². The monoisotopic (exact) mass is 337 g/mol. The minimum atomic E-state index is -0.298. The number of amides is 1. The quantitative estimate of drug-likeness (QED) is 0.496. The third-order valence-corrected chi connectivity index (χ3v) is 4.51. The predicted octanol–water partition coefficient (Wildman–Crippen LogP) is 2.75. The molecule has 8 heteroatoms. The van der Waals surface area contributed by atoms with Crippen molar-refractivity contribution in [1.82, 2.24) is 10.2 Å². The average Bonchev–Trinajstić information content (AvgIpc) is 2.93. The molecule has 0 fully saturated rings. The number of hydrogen-bond acceptors (Lipinski definition) is 7. The number of nitrogens with zero attached hydrogens (tertiary/aromatic N) is 2. The van der Waals surface area contributed by atoms with Gasteiger partial charge in [0.1, 0.15) is 0 Å². The van der Waals surface area contributed by atoms with Crippen LogP contribution >= 0.6 is 23.1 Å². The van der Waals surface area contributed by atoms with Crippen molar-refractivity contribution in [2.75, 3.05) is 17.7 Å². The second-order valence-electron chi connectivity index (χ2n) is 4.29. The van der Waals surface area contributed by atoms with E-state index in [0.717, 1.165) is 5.56 Å². The van der Waals surface area contributed by atoms with Crippen LogP contribution in [0.1, 0.15) is 22.8 Å². The molecule has 0 unspecified atom stereocenters. The van der Waals surface area contributed by atoms with E-state index >= 15 is 0 Å². The van der Waals surface area contributed by atoms with Crippen molar-refractivity contribution in [3.8, 4) is 0 Å². The first-order chi connectivity index (χ1) is 10.6. The minimum absolute atomic E-state index is 0.175. The van der Waals surface area contributed by atoms with Crippen molar-refractivity contribution in [2.45, 2.75) is 18.2 Å². The lowest BCUT2D eigenvalue weighted by Crippen LogP contribution is -2.11. The molecule has 0 spiro atoms. The van der Waals surface area contributed by atoms with Crippen molar-refractivity contribution in [3.63, 3.8) is 0 Å². The van der Waals surface area contributed by atoms with E-state index in [1.165, 1.54) is 23.1 Å². The predicted molar refractivity (Wildman–Crippen MR) is 86.4 cm³/mol. The number of anilines is 1. The van der Waals surface area contributed by atoms with Gasteiger partial charge in [0.2, 0.25) is 5.13 Å². The number of esters is 1. The van der Waals surface area contributed by atoms with Crippen molar-refractivity contribution < 1.29 is 14.3 Å². The summed E-state index contributed by atoms with van der Waals surface area (Å²) in [5.41, 5.74) is 1.65. The van der Waals surface area contributed by atoms with Gasteiger partial charge in [-0.1, -0.05) is 40.8 Å². The SMILES string of the molecule is CCOC(=O)CSc1nnc(NC(=O)c2ccc(C)cc2)s1. The van der Waals surface area contributed by atoms with Gasteiger partial charge in [-0.2, -0.15) is 0 Å². The minimum Gasteiger partial charge on any atom is -0.465 e. The Bertz CT molecular complexity index is 656. The zero-order chi connectivity index (χ0) is 15.9. The van der Waals surface area contributed by atoms with E-state index in [-0.39, 0.29) is 17.6 Å². The molecule has 0 aliphatic carbocycles. The van der Waals surface area contributed by atoms with Crippen LogP contribution in [0.5, 0.6) is 0 Å². The summed E-state index contributed by atoms with van der Waals surface area (Å²) in [6.07, 6.45) is 0. The van der Waals surface area contributed by atoms with Crippen molar-refractivity contribution >= 4 is 40.1 Å². The Labute approximate surface area is 136 Å². The molecule has 0 bridgehead atoms. The molecule has 0 aliphatic rings. The van der Waals surface area contributed by atoms with Crippen LogP contribution in [-0.2, 0) is 9.53 Å². The summed E-state index contributed by atoms with van der Waals surface area (Å²) >= 11 is 2.45. The van der Waals surface area contributed by atoms with Crippen LogP contribution in [0.4, 0.5) is 5.13 Å². The molecule has 6 nitrogen and oxygen atoms in total. The molecule has 1 amide bonds. The Morgan fingerprint density at radius 2 is 2.00 bits per heavy atom. The highest BCUT2D eigenvalue weighted by molar-refractivity contribution is 8.01. The van der Waals surface area contributed by atoms with Crippen LogP contribution in [0, 0.1) is 6.92 Å². The first-order valence-electron chi connectivity index (χ1n) is 6.58. The maximum atomic E-state index is 12.0. The van der Waals surface area contributed by atoms with E-state index in [0.29, 0.717) is 21.6 Å². The van der Waals surface area contributed by atoms with Crippen LogP contribution < -0.4 is 5.32 Å². The maximum absolute atomic E-state index is 12.0. The summed E-state index contributed by atoms with van der Waals surface area (Å²) < 4.78 is 5.43. The molecule has 0 aliphatic heterocycles. The van der Waals surface area contributed by atoms with Gasteiger partial charge < -0.3 is 4.74 Å². The number of thioether (sulfide) groups is 1. The Hall–Kier alpha value is -1.93. The molecule has 2 rings (SSSR count). The van der Waals surface area contributed by atoms with E-state index < -0.39 is 0 Å². The number of rotatable bonds is 6. The molecule has 0 saturated heterocycles. The van der Waals surface area contributed by atoms with Crippen LogP contribution in [0.15, 0.2) is 28.6 Å². The molecule has 2 aromatic rings. The summed E-state index contributed by atoms with van der Waals surface area (Å²) in [6, 6.07) is 7.25. The largest absolute Gasteiger partial charge is 0.465 e. The van der Waals surface area contributed by atoms with Gasteiger partial charge in [-0.3, -0.25) is 14.9 Å². The van der Waals surface area contributed by atoms with Gasteiger partial charge in [0.05, 0.1) is 12.4 Å². The number of ether oxygens (including phenoxy) is 1. The highest BCUT2D eigenvalue weighted by Crippen LogP contribution is 2.25. The van der Waals surface area contributed by atoms with Gasteiger partial charge in [0, 0.05) is 5.56 Å². The third-order valence-electron chi connectivity index (χ3n) is 2.56. The van der Waals surface area contributed by atoms with E-state index in [1.807, 2.05) is 19.1 Å². The first kappa shape index (κ1) is 16.4. The fraction of sp³-hybridized carbons (Fsp3) is 0.286. The smallest absolute Gasteiger partial charge is 0.316 e. The molecule has 1 N–H and O–H groups in total. The van der Waals surface area contributed by atoms with Gasteiger partial charge in [-0.05, 0) is 26.0 Å². The van der Waals surface area contributed by atoms with E-state index in [4.69, 9.17) is 4.74 Å². The Morgan fingerprint density at radius 1 is 1.27 bits per heavy atom. The Kier molecular flexibility index (Phi) is 5.91. The van der Waals surface area contributed by atoms with Crippen LogP contribution in [0.2, 0.25) is 0 Å². The van der Waals surface area contributed by atoms with E-state index in [1.54, 1.807) is 19.1 Å². The summed E-state index contributed by atoms with van der Waals surface area (Å²) in [4.78, 5) is 23.3. The summed E-state index contributed by atoms with van der Waals surface area (Å²) in [7, 11) is 0. The summed E-state index contributed by atoms with van der Waals surface area (Å²) in [6.45, 7) is 4.07. The number of benzene rings is 1. The fourth-order valence-electron chi connectivity index (χ4n) is 1.52. The summed E-state index contributed by atoms with van der Waals surface area (Å²) in [5, 5.41) is 10.9. The number of carbonyl (C=O) groups is 2. The number of aromatic nitrogens is 2. The molecule has 1 aromatic carbocycles. The molecule has 1 aromatic heterocycles. The maximum Gasteiger partial charge on any atom is 0.316 e. The zero-order valence-corrected chi connectivity index (χ0v) is 13.8. The number of carbonyl (C=O) groups excluding carboxylic acids is 2. The highest BCUT2D eigenvalue weighted by atomic mass is 32.2. The van der Waals surface area contributed by atoms with Gasteiger partial charge >= 0.3 is 5.97 Å². The second kappa shape index (κ2) is 7.90. The topological polar surface area (TPSA) is 81.2 Å². The zero-order valence-electron chi connectivity index (χ0n) is 12.2. The lowest BCUT2D eigenvalue weighted by Gasteiger charge is -2.01. The van der Waals surface area contributed by atoms with Gasteiger partial charge in [0.15, 0.2) is 4.34 Å². The average molecular weight is 337 g/mol. The molecular formula is C14H15N3O3S2. The van der Waals surface area contributed by atoms with Crippen molar-refractivity contribution in [1.29, 1.82) is 0 Å². The summed E-state index contributed by atoms with van der Waals surface area (Å²) in [5.74, 6) is -0.361. The van der Waals surface area contributed by atoms with Crippen molar-refractivity contribution in [3.05, 3.63) is 35.4 Å². The fourth-order valence-corrected chi connectivity index (χ4v) is 3.06. The van der Waals surface area contributed by atoms with Crippen LogP contribution in [0.3, 0.4) is 0 Å². The van der Waals surface area contributed by atoms with Gasteiger partial charge in [-0.15, -0.1) is 10.2 Å². The Morgan fingerprint density at radius 3 is 2.68 bits per heavy atom. The van der Waals surface area contributed by atoms with Gasteiger partial charge in [-0.25, -0.2) is 0 Å². The number of aryl methyl sites for hydroxylation is 1. The normalized spacial score (nSPS) is 10.3. The standard InChI is InChI=1S/C14H15N3O3S2/c1-3-20-11(18)8-21-14-17-16-13(22-14)15-12(19)10-6-4-9(2)5-7-10/h4-7H,3,8H2,1-2H3,(H,15,16,19). The molecule has 22 heavy (non-hydrogen) atoms.